The van der Waals surface area contributed by atoms with Crippen LogP contribution in [0.4, 0.5) is 4.79 Å². The summed E-state index contributed by atoms with van der Waals surface area (Å²) >= 11 is 0. The topological polar surface area (TPSA) is 87.3 Å². The smallest absolute Gasteiger partial charge is 0.315 e. The predicted octanol–water partition coefficient (Wildman–Crippen LogP) is 0.00330. The number of sulfone groups is 1. The summed E-state index contributed by atoms with van der Waals surface area (Å²) in [5.74, 6) is 0. The Morgan fingerprint density at radius 2 is 2.21 bits per heavy atom. The Balaban J connectivity index is 1.85. The Labute approximate surface area is 114 Å². The van der Waals surface area contributed by atoms with E-state index in [1.54, 1.807) is 6.92 Å². The molecule has 1 unspecified atom stereocenters. The van der Waals surface area contributed by atoms with Gasteiger partial charge in [0.25, 0.3) is 0 Å². The number of hydrogen-bond donors (Lipinski definition) is 3. The van der Waals surface area contributed by atoms with Gasteiger partial charge in [-0.15, -0.1) is 0 Å². The van der Waals surface area contributed by atoms with Crippen LogP contribution in [0, 0.1) is 0 Å². The number of rotatable bonds is 4. The first-order chi connectivity index (χ1) is 8.83. The van der Waals surface area contributed by atoms with Crippen LogP contribution in [0.2, 0.25) is 0 Å². The van der Waals surface area contributed by atoms with Crippen molar-refractivity contribution in [1.82, 2.24) is 16.0 Å². The Bertz CT molecular complexity index is 439. The largest absolute Gasteiger partial charge is 0.337 e. The lowest BCUT2D eigenvalue weighted by atomic mass is 9.93. The zero-order chi connectivity index (χ0) is 14.1. The van der Waals surface area contributed by atoms with Gasteiger partial charge in [0.15, 0.2) is 9.84 Å². The van der Waals surface area contributed by atoms with Crippen molar-refractivity contribution in [2.24, 2.45) is 0 Å². The second-order valence-electron chi connectivity index (χ2n) is 5.78. The molecule has 1 saturated heterocycles. The van der Waals surface area contributed by atoms with Gasteiger partial charge in [0.05, 0.1) is 10.8 Å². The van der Waals surface area contributed by atoms with Crippen LogP contribution in [-0.2, 0) is 9.84 Å². The van der Waals surface area contributed by atoms with E-state index in [2.05, 4.69) is 16.0 Å². The summed E-state index contributed by atoms with van der Waals surface area (Å²) in [6.45, 7) is 2.69. The Hall–Kier alpha value is -0.820. The van der Waals surface area contributed by atoms with E-state index >= 15 is 0 Å². The Kier molecular flexibility index (Phi) is 4.06. The third kappa shape index (κ3) is 3.20. The van der Waals surface area contributed by atoms with E-state index in [-0.39, 0.29) is 18.1 Å². The first-order valence-electron chi connectivity index (χ1n) is 6.82. The lowest BCUT2D eigenvalue weighted by molar-refractivity contribution is 0.223. The van der Waals surface area contributed by atoms with E-state index in [4.69, 9.17) is 0 Å². The summed E-state index contributed by atoms with van der Waals surface area (Å²) < 4.78 is 22.6. The molecule has 1 saturated carbocycles. The summed E-state index contributed by atoms with van der Waals surface area (Å²) in [4.78, 5) is 11.9. The second-order valence-corrected chi connectivity index (χ2v) is 8.24. The van der Waals surface area contributed by atoms with Crippen molar-refractivity contribution in [3.05, 3.63) is 0 Å². The first kappa shape index (κ1) is 14.6. The molecular formula is C12H23N3O3S. The fourth-order valence-corrected chi connectivity index (χ4v) is 3.39. The lowest BCUT2D eigenvalue weighted by Crippen LogP contribution is -2.56. The van der Waals surface area contributed by atoms with Crippen LogP contribution < -0.4 is 16.0 Å². The highest BCUT2D eigenvalue weighted by molar-refractivity contribution is 7.91. The molecule has 0 radical (unpaired) electrons. The van der Waals surface area contributed by atoms with Crippen molar-refractivity contribution in [2.75, 3.05) is 19.3 Å². The molecule has 0 bridgehead atoms. The highest BCUT2D eigenvalue weighted by atomic mass is 32.2. The summed E-state index contributed by atoms with van der Waals surface area (Å²) in [5, 5.41) is 8.58. The van der Waals surface area contributed by atoms with E-state index in [9.17, 15) is 13.2 Å². The van der Waals surface area contributed by atoms with Gasteiger partial charge < -0.3 is 16.0 Å². The number of hydrogen-bond acceptors (Lipinski definition) is 4. The third-order valence-corrected chi connectivity index (χ3v) is 6.02. The molecule has 2 rings (SSSR count). The van der Waals surface area contributed by atoms with Gasteiger partial charge in [0.1, 0.15) is 0 Å². The minimum atomic E-state index is -3.10. The minimum absolute atomic E-state index is 0.127. The summed E-state index contributed by atoms with van der Waals surface area (Å²) in [5.41, 5.74) is -0.127. The van der Waals surface area contributed by atoms with E-state index < -0.39 is 15.1 Å². The van der Waals surface area contributed by atoms with Gasteiger partial charge in [-0.05, 0) is 39.2 Å². The van der Waals surface area contributed by atoms with Crippen LogP contribution in [0.3, 0.4) is 0 Å². The maximum absolute atomic E-state index is 11.9. The summed E-state index contributed by atoms with van der Waals surface area (Å²) in [6, 6.07) is 0.108. The zero-order valence-corrected chi connectivity index (χ0v) is 12.3. The maximum atomic E-state index is 11.9. The molecule has 0 spiro atoms. The molecule has 1 heterocycles. The van der Waals surface area contributed by atoms with E-state index in [1.807, 2.05) is 0 Å². The molecule has 3 atom stereocenters. The minimum Gasteiger partial charge on any atom is -0.337 e. The number of fused-ring (bicyclic) bond motifs is 1. The zero-order valence-electron chi connectivity index (χ0n) is 11.5. The predicted molar refractivity (Wildman–Crippen MR) is 73.8 cm³/mol. The first-order valence-corrected chi connectivity index (χ1v) is 8.77. The molecule has 1 aliphatic carbocycles. The molecule has 19 heavy (non-hydrogen) atoms. The van der Waals surface area contributed by atoms with Gasteiger partial charge in [-0.25, -0.2) is 13.2 Å². The molecule has 2 fully saturated rings. The molecule has 3 N–H and O–H groups in total. The lowest BCUT2D eigenvalue weighted by Gasteiger charge is -2.30. The van der Waals surface area contributed by atoms with Gasteiger partial charge in [-0.2, -0.15) is 0 Å². The maximum Gasteiger partial charge on any atom is 0.315 e. The van der Waals surface area contributed by atoms with Gasteiger partial charge >= 0.3 is 6.03 Å². The Morgan fingerprint density at radius 3 is 2.89 bits per heavy atom. The quantitative estimate of drug-likeness (QED) is 0.680. The number of urea groups is 1. The standard InChI is InChI=1S/C12H23N3O3S/c1-9(19(2,17)18)8-14-11(16)15-12-5-3-4-10(12)13-7-6-12/h9-10,13H,3-8H2,1-2H3,(H2,14,15,16)/t9?,10-,12+/m1/s1. The van der Waals surface area contributed by atoms with Crippen LogP contribution in [0.1, 0.15) is 32.6 Å². The molecular weight excluding hydrogens is 266 g/mol. The Morgan fingerprint density at radius 1 is 1.47 bits per heavy atom. The van der Waals surface area contributed by atoms with Crippen molar-refractivity contribution < 1.29 is 13.2 Å². The highest BCUT2D eigenvalue weighted by Gasteiger charge is 2.47. The summed E-state index contributed by atoms with van der Waals surface area (Å²) in [7, 11) is -3.10. The van der Waals surface area contributed by atoms with E-state index in [1.165, 1.54) is 6.26 Å². The van der Waals surface area contributed by atoms with Crippen molar-refractivity contribution >= 4 is 15.9 Å². The van der Waals surface area contributed by atoms with Crippen LogP contribution >= 0.6 is 0 Å². The molecule has 0 aromatic heterocycles. The fourth-order valence-electron chi connectivity index (χ4n) is 3.01. The molecule has 110 valence electrons. The van der Waals surface area contributed by atoms with Gasteiger partial charge in [-0.3, -0.25) is 0 Å². The van der Waals surface area contributed by atoms with Gasteiger partial charge in [-0.1, -0.05) is 0 Å². The normalized spacial score (nSPS) is 31.8. The molecule has 6 nitrogen and oxygen atoms in total. The molecule has 0 aromatic rings. The molecule has 7 heteroatoms. The molecule has 2 aliphatic rings. The SMILES string of the molecule is CC(CNC(=O)N[C@]12CCC[C@H]1NCC2)S(C)(=O)=O. The van der Waals surface area contributed by atoms with E-state index in [0.717, 1.165) is 32.2 Å². The van der Waals surface area contributed by atoms with Crippen molar-refractivity contribution in [3.63, 3.8) is 0 Å². The van der Waals surface area contributed by atoms with Crippen molar-refractivity contribution in [2.45, 2.75) is 49.4 Å². The highest BCUT2D eigenvalue weighted by Crippen LogP contribution is 2.36. The molecule has 0 aromatic carbocycles. The van der Waals surface area contributed by atoms with Crippen molar-refractivity contribution in [1.29, 1.82) is 0 Å². The van der Waals surface area contributed by atoms with Gasteiger partial charge in [0, 0.05) is 18.8 Å². The number of carbonyl (C=O) groups is 1. The van der Waals surface area contributed by atoms with Gasteiger partial charge in [0.2, 0.25) is 0 Å². The molecule has 2 amide bonds. The molecule has 1 aliphatic heterocycles. The fraction of sp³-hybridized carbons (Fsp3) is 0.917. The number of amides is 2. The van der Waals surface area contributed by atoms with Crippen LogP contribution in [0.5, 0.6) is 0 Å². The number of nitrogens with one attached hydrogen (secondary N) is 3. The third-order valence-electron chi connectivity index (χ3n) is 4.39. The van der Waals surface area contributed by atoms with E-state index in [0.29, 0.717) is 6.04 Å². The van der Waals surface area contributed by atoms with Crippen LogP contribution in [0.25, 0.3) is 0 Å². The van der Waals surface area contributed by atoms with Crippen molar-refractivity contribution in [3.8, 4) is 0 Å². The summed E-state index contributed by atoms with van der Waals surface area (Å²) in [6.07, 6.45) is 5.36. The van der Waals surface area contributed by atoms with Crippen LogP contribution in [0.15, 0.2) is 0 Å². The van der Waals surface area contributed by atoms with Crippen LogP contribution in [-0.4, -0.2) is 50.6 Å². The number of carbonyl (C=O) groups excluding carboxylic acids is 1. The monoisotopic (exact) mass is 289 g/mol. The average molecular weight is 289 g/mol. The second kappa shape index (κ2) is 5.28. The average Bonchev–Trinajstić information content (AvgIpc) is 2.83.